The molecule has 0 radical (unpaired) electrons. The lowest BCUT2D eigenvalue weighted by Crippen LogP contribution is -2.22. The van der Waals surface area contributed by atoms with E-state index in [-0.39, 0.29) is 6.61 Å². The van der Waals surface area contributed by atoms with Crippen LogP contribution in [0.25, 0.3) is 0 Å². The van der Waals surface area contributed by atoms with E-state index in [4.69, 9.17) is 16.7 Å². The number of pyridine rings is 1. The predicted octanol–water partition coefficient (Wildman–Crippen LogP) is 3.25. The molecular formula is C15H17ClN2O. The molecule has 100 valence electrons. The van der Waals surface area contributed by atoms with Gasteiger partial charge in [0.05, 0.1) is 6.61 Å². The Morgan fingerprint density at radius 3 is 2.53 bits per heavy atom. The quantitative estimate of drug-likeness (QED) is 0.911. The summed E-state index contributed by atoms with van der Waals surface area (Å²) >= 11 is 6.14. The fourth-order valence-corrected chi connectivity index (χ4v) is 2.19. The number of aliphatic hydroxyl groups is 1. The van der Waals surface area contributed by atoms with Gasteiger partial charge in [0.25, 0.3) is 0 Å². The number of nitrogens with zero attached hydrogens (tertiary/aromatic N) is 2. The van der Waals surface area contributed by atoms with Crippen LogP contribution in [0.15, 0.2) is 42.7 Å². The molecule has 1 aromatic carbocycles. The second kappa shape index (κ2) is 6.55. The van der Waals surface area contributed by atoms with Gasteiger partial charge in [-0.3, -0.25) is 4.98 Å². The third-order valence-electron chi connectivity index (χ3n) is 3.08. The van der Waals surface area contributed by atoms with E-state index in [0.717, 1.165) is 24.3 Å². The molecule has 0 bridgehead atoms. The van der Waals surface area contributed by atoms with Gasteiger partial charge in [-0.1, -0.05) is 17.7 Å². The number of aliphatic hydroxyl groups excluding tert-OH is 1. The predicted molar refractivity (Wildman–Crippen MR) is 78.3 cm³/mol. The highest BCUT2D eigenvalue weighted by Crippen LogP contribution is 2.24. The van der Waals surface area contributed by atoms with E-state index in [1.54, 1.807) is 12.4 Å². The van der Waals surface area contributed by atoms with Gasteiger partial charge in [0.1, 0.15) is 0 Å². The van der Waals surface area contributed by atoms with Crippen LogP contribution in [-0.2, 0) is 13.2 Å². The second-order valence-electron chi connectivity index (χ2n) is 4.30. The minimum atomic E-state index is -0.0321. The van der Waals surface area contributed by atoms with Gasteiger partial charge in [-0.15, -0.1) is 0 Å². The van der Waals surface area contributed by atoms with E-state index >= 15 is 0 Å². The normalized spacial score (nSPS) is 10.5. The van der Waals surface area contributed by atoms with E-state index < -0.39 is 0 Å². The molecule has 3 nitrogen and oxygen atoms in total. The molecule has 4 heteroatoms. The van der Waals surface area contributed by atoms with E-state index in [1.165, 1.54) is 5.56 Å². The Hall–Kier alpha value is -1.58. The van der Waals surface area contributed by atoms with Crippen molar-refractivity contribution < 1.29 is 5.11 Å². The molecule has 0 saturated carbocycles. The number of benzene rings is 1. The van der Waals surface area contributed by atoms with Crippen molar-refractivity contribution in [1.82, 2.24) is 4.98 Å². The summed E-state index contributed by atoms with van der Waals surface area (Å²) in [6.07, 6.45) is 3.59. The number of anilines is 1. The van der Waals surface area contributed by atoms with Crippen LogP contribution in [0.1, 0.15) is 18.1 Å². The maximum absolute atomic E-state index is 9.14. The third-order valence-corrected chi connectivity index (χ3v) is 3.43. The third kappa shape index (κ3) is 3.46. The standard InChI is InChI=1S/C15H17ClN2O/c1-2-18(10-12-5-7-17-8-6-12)14-4-3-13(11-19)15(16)9-14/h3-9,19H,2,10-11H2,1H3. The summed E-state index contributed by atoms with van der Waals surface area (Å²) in [4.78, 5) is 6.25. The van der Waals surface area contributed by atoms with Crippen molar-refractivity contribution in [3.63, 3.8) is 0 Å². The molecule has 0 unspecified atom stereocenters. The fourth-order valence-electron chi connectivity index (χ4n) is 1.96. The van der Waals surface area contributed by atoms with E-state index in [9.17, 15) is 0 Å². The molecule has 1 heterocycles. The molecule has 0 atom stereocenters. The smallest absolute Gasteiger partial charge is 0.0696 e. The van der Waals surface area contributed by atoms with Gasteiger partial charge >= 0.3 is 0 Å². The number of hydrogen-bond acceptors (Lipinski definition) is 3. The Balaban J connectivity index is 2.20. The summed E-state index contributed by atoms with van der Waals surface area (Å²) in [5.41, 5.74) is 3.02. The van der Waals surface area contributed by atoms with Crippen molar-refractivity contribution >= 4 is 17.3 Å². The van der Waals surface area contributed by atoms with Crippen LogP contribution in [0.2, 0.25) is 5.02 Å². The van der Waals surface area contributed by atoms with Crippen molar-refractivity contribution in [2.24, 2.45) is 0 Å². The SMILES string of the molecule is CCN(Cc1ccncc1)c1ccc(CO)c(Cl)c1. The van der Waals surface area contributed by atoms with Crippen LogP contribution < -0.4 is 4.90 Å². The Morgan fingerprint density at radius 1 is 1.21 bits per heavy atom. The van der Waals surface area contributed by atoms with Gasteiger partial charge in [0, 0.05) is 36.2 Å². The molecule has 1 aromatic heterocycles. The number of hydrogen-bond donors (Lipinski definition) is 1. The van der Waals surface area contributed by atoms with Crippen molar-refractivity contribution in [1.29, 1.82) is 0 Å². The first-order valence-electron chi connectivity index (χ1n) is 6.27. The molecule has 0 fully saturated rings. The van der Waals surface area contributed by atoms with E-state index in [1.807, 2.05) is 30.3 Å². The Kier molecular flexibility index (Phi) is 4.77. The van der Waals surface area contributed by atoms with Crippen LogP contribution in [-0.4, -0.2) is 16.6 Å². The van der Waals surface area contributed by atoms with Crippen molar-refractivity contribution in [2.45, 2.75) is 20.1 Å². The highest BCUT2D eigenvalue weighted by molar-refractivity contribution is 6.31. The molecular weight excluding hydrogens is 260 g/mol. The van der Waals surface area contributed by atoms with Crippen LogP contribution in [0.3, 0.4) is 0 Å². The maximum Gasteiger partial charge on any atom is 0.0696 e. The summed E-state index contributed by atoms with van der Waals surface area (Å²) in [6, 6.07) is 9.77. The van der Waals surface area contributed by atoms with E-state index in [2.05, 4.69) is 16.8 Å². The Bertz CT molecular complexity index is 531. The zero-order valence-corrected chi connectivity index (χ0v) is 11.6. The first kappa shape index (κ1) is 13.8. The van der Waals surface area contributed by atoms with Gasteiger partial charge in [0.2, 0.25) is 0 Å². The van der Waals surface area contributed by atoms with Crippen LogP contribution in [0.5, 0.6) is 0 Å². The topological polar surface area (TPSA) is 36.4 Å². The summed E-state index contributed by atoms with van der Waals surface area (Å²) in [6.45, 7) is 3.77. The molecule has 2 aromatic rings. The molecule has 0 amide bonds. The molecule has 0 aliphatic heterocycles. The van der Waals surface area contributed by atoms with Crippen molar-refractivity contribution in [3.8, 4) is 0 Å². The lowest BCUT2D eigenvalue weighted by atomic mass is 10.2. The lowest BCUT2D eigenvalue weighted by Gasteiger charge is -2.23. The van der Waals surface area contributed by atoms with Gasteiger partial charge in [-0.25, -0.2) is 0 Å². The summed E-state index contributed by atoms with van der Waals surface area (Å²) in [7, 11) is 0. The summed E-state index contributed by atoms with van der Waals surface area (Å²) in [5.74, 6) is 0. The van der Waals surface area contributed by atoms with E-state index in [0.29, 0.717) is 5.02 Å². The minimum Gasteiger partial charge on any atom is -0.392 e. The van der Waals surface area contributed by atoms with Crippen molar-refractivity contribution in [2.75, 3.05) is 11.4 Å². The highest BCUT2D eigenvalue weighted by atomic mass is 35.5. The summed E-state index contributed by atoms with van der Waals surface area (Å²) in [5, 5.41) is 9.74. The molecule has 1 N–H and O–H groups in total. The van der Waals surface area contributed by atoms with Gasteiger partial charge in [-0.2, -0.15) is 0 Å². The molecule has 0 spiro atoms. The molecule has 0 aliphatic rings. The average Bonchev–Trinajstić information content (AvgIpc) is 2.46. The van der Waals surface area contributed by atoms with Crippen LogP contribution >= 0.6 is 11.6 Å². The minimum absolute atomic E-state index is 0.0321. The number of rotatable bonds is 5. The van der Waals surface area contributed by atoms with Gasteiger partial charge in [0.15, 0.2) is 0 Å². The van der Waals surface area contributed by atoms with Crippen molar-refractivity contribution in [3.05, 3.63) is 58.9 Å². The highest BCUT2D eigenvalue weighted by Gasteiger charge is 2.08. The largest absolute Gasteiger partial charge is 0.392 e. The maximum atomic E-state index is 9.14. The first-order valence-corrected chi connectivity index (χ1v) is 6.65. The number of aromatic nitrogens is 1. The Labute approximate surface area is 118 Å². The molecule has 19 heavy (non-hydrogen) atoms. The summed E-state index contributed by atoms with van der Waals surface area (Å²) < 4.78 is 0. The monoisotopic (exact) mass is 276 g/mol. The van der Waals surface area contributed by atoms with Gasteiger partial charge < -0.3 is 10.0 Å². The van der Waals surface area contributed by atoms with Crippen LogP contribution in [0, 0.1) is 0 Å². The average molecular weight is 277 g/mol. The van der Waals surface area contributed by atoms with Crippen LogP contribution in [0.4, 0.5) is 5.69 Å². The first-order chi connectivity index (χ1) is 9.24. The second-order valence-corrected chi connectivity index (χ2v) is 4.71. The fraction of sp³-hybridized carbons (Fsp3) is 0.267. The molecule has 0 saturated heterocycles. The zero-order valence-electron chi connectivity index (χ0n) is 10.9. The molecule has 0 aliphatic carbocycles. The molecule has 2 rings (SSSR count). The Morgan fingerprint density at radius 2 is 1.95 bits per heavy atom. The van der Waals surface area contributed by atoms with Gasteiger partial charge in [-0.05, 0) is 42.3 Å². The number of halogens is 1. The lowest BCUT2D eigenvalue weighted by molar-refractivity contribution is 0.282. The zero-order chi connectivity index (χ0) is 13.7.